The number of halogens is 3. The molecule has 0 saturated carbocycles. The van der Waals surface area contributed by atoms with Gasteiger partial charge in [-0.25, -0.2) is 0 Å². The van der Waals surface area contributed by atoms with Crippen molar-refractivity contribution in [2.45, 2.75) is 50.9 Å². The van der Waals surface area contributed by atoms with E-state index in [1.807, 2.05) is 0 Å². The molecule has 2 saturated heterocycles. The lowest BCUT2D eigenvalue weighted by atomic mass is 9.76. The summed E-state index contributed by atoms with van der Waals surface area (Å²) < 4.78 is 0. The molecular formula is C19H21Cl3N2O5. The topological polar surface area (TPSA) is 107 Å². The van der Waals surface area contributed by atoms with Crippen LogP contribution in [0.15, 0.2) is 12.1 Å². The molecule has 1 aromatic carbocycles. The Kier molecular flexibility index (Phi) is 5.46. The molecule has 158 valence electrons. The minimum Gasteiger partial charge on any atom is -0.480 e. The molecule has 0 spiro atoms. The zero-order valence-corrected chi connectivity index (χ0v) is 18.4. The molecule has 1 aromatic rings. The Morgan fingerprint density at radius 1 is 1.21 bits per heavy atom. The van der Waals surface area contributed by atoms with Crippen LogP contribution in [0, 0.1) is 11.8 Å². The molecule has 29 heavy (non-hydrogen) atoms. The Morgan fingerprint density at radius 3 is 2.28 bits per heavy atom. The number of aliphatic carboxylic acids is 1. The van der Waals surface area contributed by atoms with E-state index in [1.165, 1.54) is 19.1 Å². The van der Waals surface area contributed by atoms with Gasteiger partial charge in [-0.1, -0.05) is 34.8 Å². The number of benzene rings is 1. The van der Waals surface area contributed by atoms with Gasteiger partial charge in [0.1, 0.15) is 0 Å². The molecule has 5 unspecified atom stereocenters. The van der Waals surface area contributed by atoms with E-state index in [1.54, 1.807) is 20.8 Å². The summed E-state index contributed by atoms with van der Waals surface area (Å²) in [5.74, 6) is -5.06. The van der Waals surface area contributed by atoms with E-state index in [0.717, 1.165) is 4.90 Å². The quantitative estimate of drug-likeness (QED) is 0.470. The maximum absolute atomic E-state index is 13.3. The van der Waals surface area contributed by atoms with Gasteiger partial charge in [0, 0.05) is 16.6 Å². The van der Waals surface area contributed by atoms with E-state index in [9.17, 15) is 24.6 Å². The average Bonchev–Trinajstić information content (AvgIpc) is 3.06. The molecule has 0 aromatic heterocycles. The Hall–Kier alpha value is -1.38. The number of fused-ring (bicyclic) bond motifs is 1. The second kappa shape index (κ2) is 7.10. The highest BCUT2D eigenvalue weighted by Crippen LogP contribution is 2.53. The Balaban J connectivity index is 2.28. The first-order valence-electron chi connectivity index (χ1n) is 8.96. The van der Waals surface area contributed by atoms with Crippen LogP contribution in [0.2, 0.25) is 15.1 Å². The lowest BCUT2D eigenvalue weighted by Crippen LogP contribution is -2.63. The first kappa shape index (κ1) is 22.3. The summed E-state index contributed by atoms with van der Waals surface area (Å²) in [7, 11) is 0. The maximum atomic E-state index is 13.3. The van der Waals surface area contributed by atoms with E-state index in [2.05, 4.69) is 5.32 Å². The molecule has 10 heteroatoms. The number of rotatable bonds is 3. The van der Waals surface area contributed by atoms with Crippen LogP contribution in [0.3, 0.4) is 0 Å². The fourth-order valence-electron chi connectivity index (χ4n) is 4.43. The van der Waals surface area contributed by atoms with Gasteiger partial charge in [0.25, 0.3) is 0 Å². The van der Waals surface area contributed by atoms with Gasteiger partial charge in [-0.15, -0.1) is 0 Å². The summed E-state index contributed by atoms with van der Waals surface area (Å²) in [6, 6.07) is 1.91. The highest BCUT2D eigenvalue weighted by atomic mass is 35.5. The lowest BCUT2D eigenvalue weighted by molar-refractivity contribution is -0.158. The van der Waals surface area contributed by atoms with Crippen molar-refractivity contribution in [3.8, 4) is 0 Å². The zero-order chi connectivity index (χ0) is 22.0. The monoisotopic (exact) mass is 462 g/mol. The summed E-state index contributed by atoms with van der Waals surface area (Å²) in [4.78, 5) is 40.0. The van der Waals surface area contributed by atoms with Gasteiger partial charge in [0.15, 0.2) is 5.54 Å². The van der Waals surface area contributed by atoms with E-state index < -0.39 is 52.8 Å². The number of carboxylic acids is 1. The van der Waals surface area contributed by atoms with Gasteiger partial charge in [-0.3, -0.25) is 24.6 Å². The largest absolute Gasteiger partial charge is 0.480 e. The number of nitrogens with one attached hydrogen (secondary N) is 1. The second-order valence-corrected chi connectivity index (χ2v) is 9.67. The molecule has 3 N–H and O–H groups in total. The van der Waals surface area contributed by atoms with Gasteiger partial charge in [-0.05, 0) is 45.4 Å². The number of nitrogens with zero attached hydrogens (tertiary/aromatic N) is 1. The molecule has 2 aliphatic heterocycles. The molecule has 2 amide bonds. The van der Waals surface area contributed by atoms with Crippen LogP contribution < -0.4 is 5.32 Å². The fraction of sp³-hybridized carbons (Fsp3) is 0.526. The smallest absolute Gasteiger partial charge is 0.327 e. The molecule has 2 aliphatic rings. The number of hydrogen-bond acceptors (Lipinski definition) is 5. The summed E-state index contributed by atoms with van der Waals surface area (Å²) in [5.41, 5.74) is -2.66. The molecule has 0 aliphatic carbocycles. The van der Waals surface area contributed by atoms with Gasteiger partial charge in [0.05, 0.1) is 28.0 Å². The van der Waals surface area contributed by atoms with Crippen molar-refractivity contribution in [3.63, 3.8) is 0 Å². The lowest BCUT2D eigenvalue weighted by Gasteiger charge is -2.36. The van der Waals surface area contributed by atoms with Crippen molar-refractivity contribution in [3.05, 3.63) is 32.8 Å². The van der Waals surface area contributed by atoms with Crippen LogP contribution in [0.25, 0.3) is 0 Å². The van der Waals surface area contributed by atoms with Crippen molar-refractivity contribution in [1.82, 2.24) is 10.2 Å². The van der Waals surface area contributed by atoms with Crippen LogP contribution in [0.5, 0.6) is 0 Å². The summed E-state index contributed by atoms with van der Waals surface area (Å²) in [5, 5.41) is 23.8. The number of aliphatic hydroxyl groups is 1. The van der Waals surface area contributed by atoms with Crippen LogP contribution in [-0.2, 0) is 14.4 Å². The number of carboxylic acid groups (broad SMARTS) is 1. The van der Waals surface area contributed by atoms with Crippen LogP contribution in [0.4, 0.5) is 0 Å². The van der Waals surface area contributed by atoms with Crippen molar-refractivity contribution in [1.29, 1.82) is 0 Å². The minimum atomic E-state index is -2.08. The van der Waals surface area contributed by atoms with Crippen LogP contribution in [-0.4, -0.2) is 50.1 Å². The number of likely N-dealkylation sites (tertiary alicyclic amines) is 1. The Morgan fingerprint density at radius 2 is 1.79 bits per heavy atom. The van der Waals surface area contributed by atoms with Crippen molar-refractivity contribution >= 4 is 52.6 Å². The molecule has 2 fully saturated rings. The standard InChI is InChI=1S/C19H21Cl3N2O5/c1-7(25)19(17(28)29)12-11(15(26)24(16(12)27)18(2,3)4)14(23-19)9-5-8(20)6-10(21)13(9)22/h5-7,11-12,14,23,25H,1-4H3,(H,28,29). The normalized spacial score (nSPS) is 30.6. The Bertz CT molecular complexity index is 914. The van der Waals surface area contributed by atoms with Gasteiger partial charge in [-0.2, -0.15) is 0 Å². The summed E-state index contributed by atoms with van der Waals surface area (Å²) >= 11 is 18.6. The predicted octanol–water partition coefficient (Wildman–Crippen LogP) is 2.90. The second-order valence-electron chi connectivity index (χ2n) is 8.45. The highest BCUT2D eigenvalue weighted by molar-refractivity contribution is 6.43. The zero-order valence-electron chi connectivity index (χ0n) is 16.2. The molecule has 7 nitrogen and oxygen atoms in total. The maximum Gasteiger partial charge on any atom is 0.327 e. The number of carbonyl (C=O) groups excluding carboxylic acids is 2. The highest BCUT2D eigenvalue weighted by Gasteiger charge is 2.71. The van der Waals surface area contributed by atoms with E-state index in [4.69, 9.17) is 34.8 Å². The third-order valence-electron chi connectivity index (χ3n) is 5.63. The molecule has 2 heterocycles. The van der Waals surface area contributed by atoms with Crippen molar-refractivity contribution in [2.24, 2.45) is 11.8 Å². The number of imide groups is 1. The number of amides is 2. The van der Waals surface area contributed by atoms with E-state index in [-0.39, 0.29) is 15.1 Å². The van der Waals surface area contributed by atoms with Gasteiger partial charge >= 0.3 is 5.97 Å². The van der Waals surface area contributed by atoms with Crippen molar-refractivity contribution in [2.75, 3.05) is 0 Å². The molecular weight excluding hydrogens is 443 g/mol. The first-order chi connectivity index (χ1) is 13.2. The van der Waals surface area contributed by atoms with Crippen LogP contribution >= 0.6 is 34.8 Å². The molecule has 5 atom stereocenters. The van der Waals surface area contributed by atoms with E-state index in [0.29, 0.717) is 5.56 Å². The number of aliphatic hydroxyl groups excluding tert-OH is 1. The van der Waals surface area contributed by atoms with Gasteiger partial charge in [0.2, 0.25) is 11.8 Å². The minimum absolute atomic E-state index is 0.0913. The Labute approximate surface area is 182 Å². The van der Waals surface area contributed by atoms with Gasteiger partial charge < -0.3 is 10.2 Å². The SMILES string of the molecule is CC(O)C1(C(=O)O)NC(c2cc(Cl)cc(Cl)c2Cl)C2C(=O)N(C(C)(C)C)C(=O)C21. The third kappa shape index (κ3) is 3.15. The average molecular weight is 464 g/mol. The van der Waals surface area contributed by atoms with Crippen molar-refractivity contribution < 1.29 is 24.6 Å². The molecule has 3 rings (SSSR count). The first-order valence-corrected chi connectivity index (χ1v) is 10.1. The number of hydrogen-bond donors (Lipinski definition) is 3. The van der Waals surface area contributed by atoms with E-state index >= 15 is 0 Å². The number of carbonyl (C=O) groups is 3. The third-order valence-corrected chi connectivity index (χ3v) is 6.67. The molecule has 0 bridgehead atoms. The fourth-order valence-corrected chi connectivity index (χ4v) is 5.17. The van der Waals surface area contributed by atoms with Crippen LogP contribution in [0.1, 0.15) is 39.3 Å². The summed E-state index contributed by atoms with van der Waals surface area (Å²) in [6.45, 7) is 6.31. The predicted molar refractivity (Wildman–Crippen MR) is 108 cm³/mol. The summed E-state index contributed by atoms with van der Waals surface area (Å²) in [6.07, 6.45) is -1.48. The molecule has 0 radical (unpaired) electrons.